The van der Waals surface area contributed by atoms with Crippen LogP contribution in [0.4, 0.5) is 13.2 Å². The summed E-state index contributed by atoms with van der Waals surface area (Å²) in [6, 6.07) is 2.19. The Hall–Kier alpha value is -1.92. The number of hydrogen-bond donors (Lipinski definition) is 1. The minimum atomic E-state index is -4.51. The number of carbonyl (C=O) groups excluding carboxylic acids is 1. The van der Waals surface area contributed by atoms with Gasteiger partial charge < -0.3 is 5.73 Å². The van der Waals surface area contributed by atoms with Crippen molar-refractivity contribution in [3.8, 4) is 0 Å². The first-order valence-electron chi connectivity index (χ1n) is 9.95. The summed E-state index contributed by atoms with van der Waals surface area (Å²) in [4.78, 5) is 20.6. The third kappa shape index (κ3) is 6.31. The predicted octanol–water partition coefficient (Wildman–Crippen LogP) is 5.31. The van der Waals surface area contributed by atoms with Crippen LogP contribution < -0.4 is 5.73 Å². The zero-order valence-corrected chi connectivity index (χ0v) is 17.0. The number of nitrogens with two attached hydrogens (primary N) is 1. The van der Waals surface area contributed by atoms with Crippen LogP contribution in [0.2, 0.25) is 0 Å². The fourth-order valence-corrected chi connectivity index (χ4v) is 3.23. The van der Waals surface area contributed by atoms with Gasteiger partial charge in [0.2, 0.25) is 0 Å². The third-order valence-corrected chi connectivity index (χ3v) is 4.88. The molecule has 156 valence electrons. The molecule has 7 heteroatoms. The maximum atomic E-state index is 13.0. The third-order valence-electron chi connectivity index (χ3n) is 4.88. The highest BCUT2D eigenvalue weighted by Gasteiger charge is 2.36. The van der Waals surface area contributed by atoms with Crippen LogP contribution in [-0.4, -0.2) is 16.7 Å². The van der Waals surface area contributed by atoms with Gasteiger partial charge in [0.15, 0.2) is 0 Å². The highest BCUT2D eigenvalue weighted by molar-refractivity contribution is 6.05. The number of carbonyl (C=O) groups is 1. The molecule has 1 unspecified atom stereocenters. The van der Waals surface area contributed by atoms with Gasteiger partial charge in [0.25, 0.3) is 5.91 Å². The van der Waals surface area contributed by atoms with Gasteiger partial charge >= 0.3 is 6.18 Å². The molecule has 1 heterocycles. The first-order chi connectivity index (χ1) is 13.0. The molecule has 1 saturated carbocycles. The van der Waals surface area contributed by atoms with E-state index < -0.39 is 11.9 Å². The number of pyridine rings is 1. The molecule has 1 aliphatic rings. The molecule has 4 nitrogen and oxygen atoms in total. The van der Waals surface area contributed by atoms with E-state index in [-0.39, 0.29) is 23.6 Å². The van der Waals surface area contributed by atoms with Gasteiger partial charge in [-0.05, 0) is 49.7 Å². The zero-order valence-electron chi connectivity index (χ0n) is 17.0. The van der Waals surface area contributed by atoms with Gasteiger partial charge in [-0.2, -0.15) is 18.2 Å². The number of amidine groups is 1. The highest BCUT2D eigenvalue weighted by Crippen LogP contribution is 2.42. The molecule has 0 saturated heterocycles. The Balaban J connectivity index is 2.28. The van der Waals surface area contributed by atoms with E-state index >= 15 is 0 Å². The molecule has 0 bridgehead atoms. The zero-order chi connectivity index (χ0) is 21.1. The summed E-state index contributed by atoms with van der Waals surface area (Å²) in [5, 5.41) is 0. The van der Waals surface area contributed by atoms with Crippen molar-refractivity contribution in [1.82, 2.24) is 4.98 Å². The van der Waals surface area contributed by atoms with Crippen LogP contribution in [0.3, 0.4) is 0 Å². The van der Waals surface area contributed by atoms with Crippen LogP contribution in [0, 0.1) is 17.8 Å². The Morgan fingerprint density at radius 2 is 1.82 bits per heavy atom. The maximum Gasteiger partial charge on any atom is 0.433 e. The number of amides is 1. The van der Waals surface area contributed by atoms with E-state index in [0.717, 1.165) is 31.7 Å². The van der Waals surface area contributed by atoms with Gasteiger partial charge in [0.1, 0.15) is 11.5 Å². The van der Waals surface area contributed by atoms with Crippen molar-refractivity contribution in [2.45, 2.75) is 71.9 Å². The molecule has 28 heavy (non-hydrogen) atoms. The Labute approximate surface area is 164 Å². The lowest BCUT2D eigenvalue weighted by molar-refractivity contribution is -0.141. The molecule has 1 fully saturated rings. The lowest BCUT2D eigenvalue weighted by Crippen LogP contribution is -2.23. The van der Waals surface area contributed by atoms with Crippen LogP contribution in [0.1, 0.15) is 82.7 Å². The molecular formula is C21H30F3N3O. The molecule has 2 rings (SSSR count). The Kier molecular flexibility index (Phi) is 7.23. The van der Waals surface area contributed by atoms with Crippen molar-refractivity contribution in [2.24, 2.45) is 28.5 Å². The highest BCUT2D eigenvalue weighted by atomic mass is 19.4. The average Bonchev–Trinajstić information content (AvgIpc) is 3.41. The summed E-state index contributed by atoms with van der Waals surface area (Å²) in [5.41, 5.74) is 5.76. The van der Waals surface area contributed by atoms with E-state index in [1.807, 2.05) is 13.8 Å². The monoisotopic (exact) mass is 397 g/mol. The summed E-state index contributed by atoms with van der Waals surface area (Å²) in [6.07, 6.45) is -0.619. The smallest absolute Gasteiger partial charge is 0.383 e. The second kappa shape index (κ2) is 9.05. The number of hydrogen-bond acceptors (Lipinski definition) is 2. The second-order valence-corrected chi connectivity index (χ2v) is 8.53. The topological polar surface area (TPSA) is 68.3 Å². The van der Waals surface area contributed by atoms with Crippen molar-refractivity contribution in [3.05, 3.63) is 29.1 Å². The number of halogens is 3. The molecule has 1 atom stereocenters. The summed E-state index contributed by atoms with van der Waals surface area (Å²) < 4.78 is 39.0. The molecule has 1 aliphatic carbocycles. The molecule has 1 aromatic heterocycles. The summed E-state index contributed by atoms with van der Waals surface area (Å²) in [5.74, 6) is 0.206. The lowest BCUT2D eigenvalue weighted by Gasteiger charge is -2.17. The maximum absolute atomic E-state index is 13.0. The summed E-state index contributed by atoms with van der Waals surface area (Å²) in [6.45, 7) is 8.30. The summed E-state index contributed by atoms with van der Waals surface area (Å²) in [7, 11) is 0. The standard InChI is InChI=1S/C21H30F3N3O/c1-12(2)5-6-15(11-13(3)4)20(28)27-19(25)16-9-10-17(21(22,23)24)26-18(16)14-7-8-14/h9-10,12-15H,5-8,11H2,1-4H3,(H2,25,27,28). The van der Waals surface area contributed by atoms with Crippen LogP contribution in [0.15, 0.2) is 17.1 Å². The minimum Gasteiger partial charge on any atom is -0.383 e. The predicted molar refractivity (Wildman–Crippen MR) is 104 cm³/mol. The van der Waals surface area contributed by atoms with E-state index in [1.165, 1.54) is 6.07 Å². The molecule has 0 aliphatic heterocycles. The molecular weight excluding hydrogens is 367 g/mol. The van der Waals surface area contributed by atoms with Gasteiger partial charge in [-0.3, -0.25) is 4.79 Å². The van der Waals surface area contributed by atoms with Gasteiger partial charge in [0, 0.05) is 17.4 Å². The van der Waals surface area contributed by atoms with Crippen molar-refractivity contribution in [1.29, 1.82) is 0 Å². The van der Waals surface area contributed by atoms with Gasteiger partial charge in [0.05, 0.1) is 5.69 Å². The van der Waals surface area contributed by atoms with Crippen LogP contribution in [-0.2, 0) is 11.0 Å². The quantitative estimate of drug-likeness (QED) is 0.477. The molecule has 2 N–H and O–H groups in total. The van der Waals surface area contributed by atoms with E-state index in [1.54, 1.807) is 0 Å². The van der Waals surface area contributed by atoms with Gasteiger partial charge in [-0.15, -0.1) is 0 Å². The lowest BCUT2D eigenvalue weighted by atomic mass is 9.90. The largest absolute Gasteiger partial charge is 0.433 e. The summed E-state index contributed by atoms with van der Waals surface area (Å²) >= 11 is 0. The first kappa shape index (κ1) is 22.4. The number of rotatable bonds is 8. The Morgan fingerprint density at radius 1 is 1.18 bits per heavy atom. The molecule has 0 spiro atoms. The number of nitrogens with zero attached hydrogens (tertiary/aromatic N) is 2. The van der Waals surface area contributed by atoms with E-state index in [0.29, 0.717) is 29.5 Å². The number of alkyl halides is 3. The van der Waals surface area contributed by atoms with Crippen molar-refractivity contribution in [2.75, 3.05) is 0 Å². The minimum absolute atomic E-state index is 0.0357. The van der Waals surface area contributed by atoms with Crippen LogP contribution in [0.5, 0.6) is 0 Å². The fourth-order valence-electron chi connectivity index (χ4n) is 3.23. The molecule has 1 aromatic rings. The van der Waals surface area contributed by atoms with Crippen LogP contribution >= 0.6 is 0 Å². The number of aromatic nitrogens is 1. The Bertz CT molecular complexity index is 722. The first-order valence-corrected chi connectivity index (χ1v) is 9.95. The molecule has 0 aromatic carbocycles. The van der Waals surface area contributed by atoms with E-state index in [9.17, 15) is 18.0 Å². The van der Waals surface area contributed by atoms with Crippen molar-refractivity contribution >= 4 is 11.7 Å². The fraction of sp³-hybridized carbons (Fsp3) is 0.667. The van der Waals surface area contributed by atoms with Gasteiger partial charge in [-0.1, -0.05) is 34.1 Å². The molecule has 1 amide bonds. The molecule has 0 radical (unpaired) electrons. The second-order valence-electron chi connectivity index (χ2n) is 8.53. The Morgan fingerprint density at radius 3 is 2.32 bits per heavy atom. The van der Waals surface area contributed by atoms with E-state index in [2.05, 4.69) is 23.8 Å². The van der Waals surface area contributed by atoms with Gasteiger partial charge in [-0.25, -0.2) is 4.98 Å². The van der Waals surface area contributed by atoms with Crippen molar-refractivity contribution in [3.63, 3.8) is 0 Å². The van der Waals surface area contributed by atoms with E-state index in [4.69, 9.17) is 5.73 Å². The average molecular weight is 397 g/mol. The normalized spacial score (nSPS) is 16.7. The number of aliphatic imine (C=N–C) groups is 1. The van der Waals surface area contributed by atoms with Crippen molar-refractivity contribution < 1.29 is 18.0 Å². The van der Waals surface area contributed by atoms with Crippen LogP contribution in [0.25, 0.3) is 0 Å². The SMILES string of the molecule is CC(C)CCC(CC(C)C)C(=O)N=C(N)c1ccc(C(F)(F)F)nc1C1CC1.